The minimum atomic E-state index is 0.0353. The molecule has 0 aliphatic rings. The van der Waals surface area contributed by atoms with Crippen LogP contribution in [-0.4, -0.2) is 35.1 Å². The molecule has 86 valence electrons. The molecule has 6 heteroatoms. The Morgan fingerprint density at radius 3 is 3.06 bits per heavy atom. The van der Waals surface area contributed by atoms with Crippen LogP contribution in [0, 0.1) is 18.3 Å². The van der Waals surface area contributed by atoms with E-state index in [1.54, 1.807) is 23.3 Å². The predicted molar refractivity (Wildman–Crippen MR) is 65.4 cm³/mol. The number of nitriles is 1. The van der Waals surface area contributed by atoms with Crippen LogP contribution in [0.25, 0.3) is 0 Å². The molecular weight excluding hydrogens is 242 g/mol. The molecule has 0 aliphatic heterocycles. The maximum Gasteiger partial charge on any atom is 0.232 e. The highest BCUT2D eigenvalue weighted by Gasteiger charge is 2.09. The van der Waals surface area contributed by atoms with Crippen LogP contribution in [-0.2, 0) is 4.79 Å². The maximum absolute atomic E-state index is 11.6. The van der Waals surface area contributed by atoms with Gasteiger partial charge in [-0.25, -0.2) is 4.98 Å². The third kappa shape index (κ3) is 4.21. The van der Waals surface area contributed by atoms with Crippen LogP contribution in [0.3, 0.4) is 0 Å². The van der Waals surface area contributed by atoms with Crippen LogP contribution in [0.4, 0.5) is 0 Å². The van der Waals surface area contributed by atoms with E-state index >= 15 is 0 Å². The molecule has 1 heterocycles. The van der Waals surface area contributed by atoms with E-state index in [0.29, 0.717) is 18.7 Å². The van der Waals surface area contributed by atoms with Crippen LogP contribution < -0.4 is 0 Å². The van der Waals surface area contributed by atoms with Gasteiger partial charge < -0.3 is 4.90 Å². The molecule has 0 saturated carbocycles. The molecule has 4 nitrogen and oxygen atoms in total. The Morgan fingerprint density at radius 2 is 2.50 bits per heavy atom. The van der Waals surface area contributed by atoms with E-state index in [-0.39, 0.29) is 5.91 Å². The number of rotatable bonds is 5. The van der Waals surface area contributed by atoms with Crippen molar-refractivity contribution in [1.82, 2.24) is 9.88 Å². The van der Waals surface area contributed by atoms with E-state index in [4.69, 9.17) is 5.26 Å². The Morgan fingerprint density at radius 1 is 1.75 bits per heavy atom. The van der Waals surface area contributed by atoms with Crippen molar-refractivity contribution >= 4 is 29.0 Å². The first-order chi connectivity index (χ1) is 7.63. The van der Waals surface area contributed by atoms with Crippen molar-refractivity contribution in [2.45, 2.75) is 17.7 Å². The fourth-order valence-corrected chi connectivity index (χ4v) is 2.76. The largest absolute Gasteiger partial charge is 0.344 e. The molecule has 1 amide bonds. The number of aromatic nitrogens is 1. The van der Waals surface area contributed by atoms with Crippen LogP contribution in [0.1, 0.15) is 12.1 Å². The lowest BCUT2D eigenvalue weighted by Crippen LogP contribution is -2.29. The third-order valence-corrected chi connectivity index (χ3v) is 4.03. The number of thioether (sulfide) groups is 1. The quantitative estimate of drug-likeness (QED) is 0.754. The van der Waals surface area contributed by atoms with Crippen LogP contribution >= 0.6 is 23.1 Å². The van der Waals surface area contributed by atoms with Crippen LogP contribution in [0.2, 0.25) is 0 Å². The minimum Gasteiger partial charge on any atom is -0.344 e. The fraction of sp³-hybridized carbons (Fsp3) is 0.500. The van der Waals surface area contributed by atoms with Crippen molar-refractivity contribution in [3.05, 3.63) is 11.1 Å². The molecule has 0 bridgehead atoms. The number of hydrogen-bond acceptors (Lipinski definition) is 5. The lowest BCUT2D eigenvalue weighted by atomic mass is 10.4. The van der Waals surface area contributed by atoms with Gasteiger partial charge in [-0.15, -0.1) is 11.3 Å². The van der Waals surface area contributed by atoms with Crippen LogP contribution in [0.5, 0.6) is 0 Å². The predicted octanol–water partition coefficient (Wildman–Crippen LogP) is 1.92. The smallest absolute Gasteiger partial charge is 0.232 e. The van der Waals surface area contributed by atoms with Gasteiger partial charge in [0.2, 0.25) is 5.91 Å². The van der Waals surface area contributed by atoms with E-state index in [0.717, 1.165) is 10.0 Å². The second kappa shape index (κ2) is 6.51. The highest BCUT2D eigenvalue weighted by atomic mass is 32.2. The molecule has 0 atom stereocenters. The van der Waals surface area contributed by atoms with E-state index in [1.807, 2.05) is 18.4 Å². The lowest BCUT2D eigenvalue weighted by Gasteiger charge is -2.14. The van der Waals surface area contributed by atoms with Crippen molar-refractivity contribution in [2.24, 2.45) is 0 Å². The third-order valence-electron chi connectivity index (χ3n) is 1.90. The molecule has 0 N–H and O–H groups in total. The van der Waals surface area contributed by atoms with Gasteiger partial charge in [-0.3, -0.25) is 4.79 Å². The van der Waals surface area contributed by atoms with Crippen molar-refractivity contribution < 1.29 is 4.79 Å². The number of hydrogen-bond donors (Lipinski definition) is 0. The minimum absolute atomic E-state index is 0.0353. The second-order valence-corrected chi connectivity index (χ2v) is 5.35. The number of aryl methyl sites for hydroxylation is 1. The number of thiazole rings is 1. The molecule has 0 unspecified atom stereocenters. The SMILES string of the molecule is Cc1csc(SCC(=O)N(C)CCC#N)n1. The van der Waals surface area contributed by atoms with Crippen molar-refractivity contribution in [2.75, 3.05) is 19.3 Å². The molecule has 1 aromatic rings. The molecule has 16 heavy (non-hydrogen) atoms. The van der Waals surface area contributed by atoms with Crippen molar-refractivity contribution in [3.63, 3.8) is 0 Å². The molecule has 0 radical (unpaired) electrons. The average molecular weight is 255 g/mol. The molecule has 1 aromatic heterocycles. The highest BCUT2D eigenvalue weighted by molar-refractivity contribution is 8.01. The summed E-state index contributed by atoms with van der Waals surface area (Å²) in [6.45, 7) is 2.42. The van der Waals surface area contributed by atoms with Crippen molar-refractivity contribution in [1.29, 1.82) is 5.26 Å². The first-order valence-corrected chi connectivity index (χ1v) is 6.66. The molecule has 0 aromatic carbocycles. The second-order valence-electron chi connectivity index (χ2n) is 3.27. The Balaban J connectivity index is 2.32. The van der Waals surface area contributed by atoms with Gasteiger partial charge in [0.25, 0.3) is 0 Å². The Labute approximate surface area is 103 Å². The van der Waals surface area contributed by atoms with Crippen LogP contribution in [0.15, 0.2) is 9.72 Å². The van der Waals surface area contributed by atoms with Gasteiger partial charge in [0, 0.05) is 24.7 Å². The zero-order valence-electron chi connectivity index (χ0n) is 9.27. The summed E-state index contributed by atoms with van der Waals surface area (Å²) >= 11 is 2.99. The van der Waals surface area contributed by atoms with Gasteiger partial charge in [0.15, 0.2) is 4.34 Å². The molecule has 0 saturated heterocycles. The monoisotopic (exact) mass is 255 g/mol. The number of carbonyl (C=O) groups excluding carboxylic acids is 1. The molecule has 0 spiro atoms. The molecule has 1 rings (SSSR count). The zero-order valence-corrected chi connectivity index (χ0v) is 10.9. The summed E-state index contributed by atoms with van der Waals surface area (Å²) < 4.78 is 0.916. The Kier molecular flexibility index (Phi) is 5.29. The van der Waals surface area contributed by atoms with E-state index in [9.17, 15) is 4.79 Å². The topological polar surface area (TPSA) is 57.0 Å². The average Bonchev–Trinajstić information content (AvgIpc) is 2.68. The summed E-state index contributed by atoms with van der Waals surface area (Å²) in [4.78, 5) is 17.4. The summed E-state index contributed by atoms with van der Waals surface area (Å²) in [5, 5.41) is 10.4. The number of nitrogens with zero attached hydrogens (tertiary/aromatic N) is 3. The summed E-state index contributed by atoms with van der Waals surface area (Å²) in [6, 6.07) is 2.02. The summed E-state index contributed by atoms with van der Waals surface area (Å²) in [7, 11) is 1.72. The lowest BCUT2D eigenvalue weighted by molar-refractivity contribution is -0.127. The van der Waals surface area contributed by atoms with E-state index in [2.05, 4.69) is 4.98 Å². The summed E-state index contributed by atoms with van der Waals surface area (Å²) in [5.41, 5.74) is 0.984. The maximum atomic E-state index is 11.6. The molecular formula is C10H13N3OS2. The standard InChI is InChI=1S/C10H13N3OS2/c1-8-6-15-10(12-8)16-7-9(14)13(2)5-3-4-11/h6H,3,5,7H2,1-2H3. The van der Waals surface area contributed by atoms with Crippen molar-refractivity contribution in [3.8, 4) is 6.07 Å². The normalized spacial score (nSPS) is 9.81. The van der Waals surface area contributed by atoms with Gasteiger partial charge in [0.1, 0.15) is 0 Å². The van der Waals surface area contributed by atoms with Gasteiger partial charge >= 0.3 is 0 Å². The van der Waals surface area contributed by atoms with Gasteiger partial charge in [-0.1, -0.05) is 11.8 Å². The van der Waals surface area contributed by atoms with E-state index in [1.165, 1.54) is 11.8 Å². The van der Waals surface area contributed by atoms with Gasteiger partial charge in [-0.2, -0.15) is 5.26 Å². The van der Waals surface area contributed by atoms with Gasteiger partial charge in [0.05, 0.1) is 18.2 Å². The molecule has 0 fully saturated rings. The zero-order chi connectivity index (χ0) is 12.0. The number of carbonyl (C=O) groups is 1. The summed E-state index contributed by atoms with van der Waals surface area (Å²) in [6.07, 6.45) is 0.378. The Hall–Kier alpha value is -1.06. The first kappa shape index (κ1) is 13.0. The van der Waals surface area contributed by atoms with E-state index < -0.39 is 0 Å². The number of amides is 1. The Bertz CT molecular complexity index is 397. The first-order valence-electron chi connectivity index (χ1n) is 4.79. The van der Waals surface area contributed by atoms with Gasteiger partial charge in [-0.05, 0) is 6.92 Å². The summed E-state index contributed by atoms with van der Waals surface area (Å²) in [5.74, 6) is 0.419. The fourth-order valence-electron chi connectivity index (χ4n) is 0.975. The molecule has 0 aliphatic carbocycles. The highest BCUT2D eigenvalue weighted by Crippen LogP contribution is 2.22.